The van der Waals surface area contributed by atoms with Crippen LogP contribution in [0.15, 0.2) is 18.2 Å². The normalized spacial score (nSPS) is 10.6. The van der Waals surface area contributed by atoms with Crippen molar-refractivity contribution in [3.63, 3.8) is 0 Å². The van der Waals surface area contributed by atoms with E-state index in [9.17, 15) is 0 Å². The summed E-state index contributed by atoms with van der Waals surface area (Å²) in [6.45, 7) is 0.251. The van der Waals surface area contributed by atoms with Crippen molar-refractivity contribution in [2.75, 3.05) is 0 Å². The van der Waals surface area contributed by atoms with E-state index in [0.717, 1.165) is 0 Å². The molecule has 2 aromatic rings. The maximum absolute atomic E-state index is 5.86. The molecular formula is C8H7Cl2N5. The van der Waals surface area contributed by atoms with Gasteiger partial charge in [-0.05, 0) is 23.4 Å². The Kier molecular flexibility index (Phi) is 2.86. The van der Waals surface area contributed by atoms with Crippen molar-refractivity contribution < 1.29 is 0 Å². The van der Waals surface area contributed by atoms with Crippen LogP contribution in [-0.2, 0) is 6.54 Å². The summed E-state index contributed by atoms with van der Waals surface area (Å²) in [7, 11) is 0. The monoisotopic (exact) mass is 243 g/mol. The molecule has 0 bridgehead atoms. The lowest BCUT2D eigenvalue weighted by Crippen LogP contribution is -2.01. The van der Waals surface area contributed by atoms with Gasteiger partial charge in [-0.2, -0.15) is 0 Å². The first kappa shape index (κ1) is 10.4. The molecule has 1 aromatic carbocycles. The SMILES string of the molecule is NCc1nnn(-c2ccc(Cl)c(Cl)c2)n1. The molecule has 2 N–H and O–H groups in total. The molecule has 0 saturated carbocycles. The van der Waals surface area contributed by atoms with E-state index in [1.807, 2.05) is 0 Å². The van der Waals surface area contributed by atoms with Crippen LogP contribution in [0.4, 0.5) is 0 Å². The van der Waals surface area contributed by atoms with Gasteiger partial charge in [-0.1, -0.05) is 23.2 Å². The van der Waals surface area contributed by atoms with Crippen molar-refractivity contribution >= 4 is 23.2 Å². The van der Waals surface area contributed by atoms with Crippen LogP contribution in [0.25, 0.3) is 5.69 Å². The Bertz CT molecular complexity index is 482. The molecule has 0 aliphatic rings. The smallest absolute Gasteiger partial charge is 0.188 e. The predicted octanol–water partition coefficient (Wildman–Crippen LogP) is 1.43. The molecule has 1 aromatic heterocycles. The summed E-state index contributed by atoms with van der Waals surface area (Å²) >= 11 is 11.6. The van der Waals surface area contributed by atoms with E-state index in [1.54, 1.807) is 18.2 Å². The molecule has 0 atom stereocenters. The number of halogens is 2. The lowest BCUT2D eigenvalue weighted by atomic mass is 10.3. The van der Waals surface area contributed by atoms with Gasteiger partial charge in [0.25, 0.3) is 0 Å². The second kappa shape index (κ2) is 4.14. The van der Waals surface area contributed by atoms with Gasteiger partial charge in [0.05, 0.1) is 22.3 Å². The molecule has 7 heteroatoms. The van der Waals surface area contributed by atoms with Gasteiger partial charge in [0.2, 0.25) is 0 Å². The summed E-state index contributed by atoms with van der Waals surface area (Å²) in [5, 5.41) is 12.5. The number of hydrogen-bond donors (Lipinski definition) is 1. The highest BCUT2D eigenvalue weighted by molar-refractivity contribution is 6.42. The minimum atomic E-state index is 0.251. The maximum Gasteiger partial charge on any atom is 0.188 e. The second-order valence-electron chi connectivity index (χ2n) is 2.80. The van der Waals surface area contributed by atoms with Crippen LogP contribution < -0.4 is 5.73 Å². The Morgan fingerprint density at radius 3 is 2.67 bits per heavy atom. The number of hydrogen-bond acceptors (Lipinski definition) is 4. The Hall–Kier alpha value is -1.17. The van der Waals surface area contributed by atoms with Gasteiger partial charge in [0, 0.05) is 0 Å². The molecule has 15 heavy (non-hydrogen) atoms. The third-order valence-corrected chi connectivity index (χ3v) is 2.51. The van der Waals surface area contributed by atoms with E-state index < -0.39 is 0 Å². The predicted molar refractivity (Wildman–Crippen MR) is 57.1 cm³/mol. The number of benzene rings is 1. The summed E-state index contributed by atoms with van der Waals surface area (Å²) in [6.07, 6.45) is 0. The standard InChI is InChI=1S/C8H7Cl2N5/c9-6-2-1-5(3-7(6)10)15-13-8(4-11)12-14-15/h1-3H,4,11H2. The first-order chi connectivity index (χ1) is 7.20. The largest absolute Gasteiger partial charge is 0.324 e. The summed E-state index contributed by atoms with van der Waals surface area (Å²) in [4.78, 5) is 1.35. The van der Waals surface area contributed by atoms with Gasteiger partial charge >= 0.3 is 0 Å². The fraction of sp³-hybridized carbons (Fsp3) is 0.125. The van der Waals surface area contributed by atoms with E-state index >= 15 is 0 Å². The fourth-order valence-electron chi connectivity index (χ4n) is 1.04. The van der Waals surface area contributed by atoms with Crippen LogP contribution in [0.1, 0.15) is 5.82 Å². The molecule has 0 saturated heterocycles. The highest BCUT2D eigenvalue weighted by Crippen LogP contribution is 2.23. The molecule has 5 nitrogen and oxygen atoms in total. The van der Waals surface area contributed by atoms with Crippen LogP contribution in [-0.4, -0.2) is 20.2 Å². The molecule has 0 fully saturated rings. The minimum Gasteiger partial charge on any atom is -0.324 e. The van der Waals surface area contributed by atoms with E-state index in [-0.39, 0.29) is 6.54 Å². The Balaban J connectivity index is 2.40. The van der Waals surface area contributed by atoms with E-state index in [1.165, 1.54) is 4.80 Å². The topological polar surface area (TPSA) is 69.6 Å². The van der Waals surface area contributed by atoms with Crippen molar-refractivity contribution in [2.45, 2.75) is 6.54 Å². The summed E-state index contributed by atoms with van der Waals surface area (Å²) in [5.41, 5.74) is 6.06. The van der Waals surface area contributed by atoms with Crippen LogP contribution in [0.2, 0.25) is 10.0 Å². The second-order valence-corrected chi connectivity index (χ2v) is 3.61. The van der Waals surface area contributed by atoms with E-state index in [2.05, 4.69) is 15.4 Å². The van der Waals surface area contributed by atoms with Gasteiger partial charge < -0.3 is 5.73 Å². The van der Waals surface area contributed by atoms with Crippen molar-refractivity contribution in [3.05, 3.63) is 34.1 Å². The highest BCUT2D eigenvalue weighted by Gasteiger charge is 2.05. The first-order valence-electron chi connectivity index (χ1n) is 4.15. The summed E-state index contributed by atoms with van der Waals surface area (Å²) in [5.74, 6) is 0.473. The molecule has 2 rings (SSSR count). The van der Waals surface area contributed by atoms with Crippen molar-refractivity contribution in [2.24, 2.45) is 5.73 Å². The molecule has 1 heterocycles. The minimum absolute atomic E-state index is 0.251. The molecule has 78 valence electrons. The summed E-state index contributed by atoms with van der Waals surface area (Å²) in [6, 6.07) is 5.08. The molecular weight excluding hydrogens is 237 g/mol. The fourth-order valence-corrected chi connectivity index (χ4v) is 1.34. The first-order valence-corrected chi connectivity index (χ1v) is 4.90. The maximum atomic E-state index is 5.86. The zero-order chi connectivity index (χ0) is 10.8. The Labute approximate surface area is 95.8 Å². The number of tetrazole rings is 1. The lowest BCUT2D eigenvalue weighted by Gasteiger charge is -1.99. The average Bonchev–Trinajstić information content (AvgIpc) is 2.70. The number of aromatic nitrogens is 4. The highest BCUT2D eigenvalue weighted by atomic mass is 35.5. The Morgan fingerprint density at radius 2 is 2.07 bits per heavy atom. The molecule has 0 radical (unpaired) electrons. The number of nitrogens with two attached hydrogens (primary N) is 1. The number of nitrogens with zero attached hydrogens (tertiary/aromatic N) is 4. The molecule has 0 spiro atoms. The quantitative estimate of drug-likeness (QED) is 0.867. The van der Waals surface area contributed by atoms with Gasteiger partial charge in [-0.15, -0.1) is 15.0 Å². The molecule has 0 unspecified atom stereocenters. The van der Waals surface area contributed by atoms with Crippen molar-refractivity contribution in [1.29, 1.82) is 0 Å². The number of rotatable bonds is 2. The lowest BCUT2D eigenvalue weighted by molar-refractivity contribution is 0.717. The van der Waals surface area contributed by atoms with Crippen molar-refractivity contribution in [1.82, 2.24) is 20.2 Å². The van der Waals surface area contributed by atoms with Gasteiger partial charge in [0.15, 0.2) is 5.82 Å². The molecule has 0 aliphatic carbocycles. The third kappa shape index (κ3) is 2.09. The summed E-state index contributed by atoms with van der Waals surface area (Å²) < 4.78 is 0. The average molecular weight is 244 g/mol. The van der Waals surface area contributed by atoms with Gasteiger partial charge in [-0.25, -0.2) is 0 Å². The van der Waals surface area contributed by atoms with Crippen LogP contribution in [0.3, 0.4) is 0 Å². The van der Waals surface area contributed by atoms with E-state index in [4.69, 9.17) is 28.9 Å². The Morgan fingerprint density at radius 1 is 1.27 bits per heavy atom. The zero-order valence-electron chi connectivity index (χ0n) is 7.56. The van der Waals surface area contributed by atoms with Crippen LogP contribution >= 0.6 is 23.2 Å². The van der Waals surface area contributed by atoms with Gasteiger partial charge in [-0.3, -0.25) is 0 Å². The zero-order valence-corrected chi connectivity index (χ0v) is 9.07. The molecule has 0 amide bonds. The van der Waals surface area contributed by atoms with Crippen LogP contribution in [0.5, 0.6) is 0 Å². The van der Waals surface area contributed by atoms with Crippen molar-refractivity contribution in [3.8, 4) is 5.69 Å². The third-order valence-electron chi connectivity index (χ3n) is 1.77. The molecule has 0 aliphatic heterocycles. The van der Waals surface area contributed by atoms with E-state index in [0.29, 0.717) is 21.6 Å². The van der Waals surface area contributed by atoms with Crippen LogP contribution in [0, 0.1) is 0 Å². The van der Waals surface area contributed by atoms with Gasteiger partial charge in [0.1, 0.15) is 0 Å².